The Hall–Kier alpha value is -5.79. The zero-order chi connectivity index (χ0) is 52.9. The third kappa shape index (κ3) is 10.0. The number of alkyl halides is 4. The fourth-order valence-electron chi connectivity index (χ4n) is 9.26. The number of carbonyl (C=O) groups is 2. The second kappa shape index (κ2) is 20.5. The molecule has 4 aromatic rings. The smallest absolute Gasteiger partial charge is 0.351 e. The van der Waals surface area contributed by atoms with Gasteiger partial charge < -0.3 is 62.2 Å². The van der Waals surface area contributed by atoms with E-state index in [1.165, 1.54) is 30.3 Å². The maximum absolute atomic E-state index is 16.3. The van der Waals surface area contributed by atoms with Crippen LogP contribution >= 0.6 is 0 Å². The van der Waals surface area contributed by atoms with Crippen LogP contribution in [0.15, 0.2) is 70.5 Å². The van der Waals surface area contributed by atoms with Crippen LogP contribution in [0.1, 0.15) is 88.6 Å². The number of halogens is 4. The highest BCUT2D eigenvalue weighted by Gasteiger charge is 2.68. The van der Waals surface area contributed by atoms with Crippen molar-refractivity contribution in [1.29, 1.82) is 0 Å². The van der Waals surface area contributed by atoms with Crippen molar-refractivity contribution in [2.45, 2.75) is 126 Å². The van der Waals surface area contributed by atoms with Crippen LogP contribution in [0.4, 0.5) is 29.2 Å². The highest BCUT2D eigenvalue weighted by atomic mass is 28.5. The molecule has 0 bridgehead atoms. The van der Waals surface area contributed by atoms with E-state index in [0.717, 1.165) is 23.0 Å². The topological polar surface area (TPSA) is 252 Å². The number of hydrogen-bond acceptors (Lipinski definition) is 17. The van der Waals surface area contributed by atoms with Gasteiger partial charge in [0.05, 0.1) is 13.2 Å². The van der Waals surface area contributed by atoms with Crippen LogP contribution in [0, 0.1) is 0 Å². The lowest BCUT2D eigenvalue weighted by atomic mass is 10.1. The van der Waals surface area contributed by atoms with Gasteiger partial charge in [-0.05, 0) is 70.7 Å². The summed E-state index contributed by atoms with van der Waals surface area (Å²) >= 11 is 0. The van der Waals surface area contributed by atoms with Crippen LogP contribution in [-0.4, -0.2) is 121 Å². The van der Waals surface area contributed by atoms with Gasteiger partial charge in [-0.15, -0.1) is 0 Å². The molecule has 396 valence electrons. The van der Waals surface area contributed by atoms with Gasteiger partial charge in [-0.1, -0.05) is 55.4 Å². The van der Waals surface area contributed by atoms with Crippen molar-refractivity contribution in [3.05, 3.63) is 93.0 Å². The number of ether oxygens (including phenoxy) is 6. The summed E-state index contributed by atoms with van der Waals surface area (Å²) in [4.78, 5) is 57.9. The molecule has 9 rings (SSSR count). The Balaban J connectivity index is 0.000000212. The van der Waals surface area contributed by atoms with E-state index in [0.29, 0.717) is 27.6 Å². The normalized spacial score (nSPS) is 25.0. The highest BCUT2D eigenvalue weighted by molar-refractivity contribution is 6.84. The van der Waals surface area contributed by atoms with E-state index in [2.05, 4.69) is 20.6 Å². The first-order chi connectivity index (χ1) is 34.4. The van der Waals surface area contributed by atoms with Crippen LogP contribution < -0.4 is 41.0 Å². The molecule has 5 aliphatic heterocycles. The second-order valence-corrected chi connectivity index (χ2v) is 27.9. The van der Waals surface area contributed by atoms with Crippen molar-refractivity contribution < 1.29 is 78.8 Å². The van der Waals surface area contributed by atoms with Crippen molar-refractivity contribution >= 4 is 40.6 Å². The third-order valence-electron chi connectivity index (χ3n) is 13.1. The summed E-state index contributed by atoms with van der Waals surface area (Å²) in [5.74, 6) is -7.10. The Morgan fingerprint density at radius 1 is 0.685 bits per heavy atom. The number of benzene rings is 2. The molecule has 6 atom stereocenters. The van der Waals surface area contributed by atoms with E-state index in [1.54, 1.807) is 12.1 Å². The highest BCUT2D eigenvalue weighted by Crippen LogP contribution is 2.52. The molecule has 0 unspecified atom stereocenters. The largest absolute Gasteiger partial charge is 0.454 e. The number of hydrogen-bond donors (Lipinski definition) is 4. The summed E-state index contributed by atoms with van der Waals surface area (Å²) in [6.07, 6.45) is -8.74. The van der Waals surface area contributed by atoms with Crippen molar-refractivity contribution in [1.82, 2.24) is 19.1 Å². The molecule has 27 heteroatoms. The van der Waals surface area contributed by atoms with Gasteiger partial charge in [0.2, 0.25) is 26.0 Å². The molecule has 3 saturated heterocycles. The van der Waals surface area contributed by atoms with Gasteiger partial charge in [-0.25, -0.2) is 9.59 Å². The lowest BCUT2D eigenvalue weighted by Gasteiger charge is -2.51. The summed E-state index contributed by atoms with van der Waals surface area (Å²) in [6.45, 7) is 15.0. The summed E-state index contributed by atoms with van der Waals surface area (Å²) < 4.78 is 114. The van der Waals surface area contributed by atoms with E-state index in [9.17, 15) is 33.1 Å². The van der Waals surface area contributed by atoms with Gasteiger partial charge in [0, 0.05) is 23.5 Å². The first kappa shape index (κ1) is 53.5. The molecule has 3 fully saturated rings. The van der Waals surface area contributed by atoms with E-state index in [4.69, 9.17) is 46.5 Å². The van der Waals surface area contributed by atoms with Crippen LogP contribution in [0.2, 0.25) is 22.2 Å². The Morgan fingerprint density at radius 2 is 1.14 bits per heavy atom. The minimum Gasteiger partial charge on any atom is -0.454 e. The lowest BCUT2D eigenvalue weighted by Crippen LogP contribution is -2.66. The number of aliphatic hydroxyl groups is 2. The van der Waals surface area contributed by atoms with Crippen molar-refractivity contribution in [3.63, 3.8) is 0 Å². The van der Waals surface area contributed by atoms with Crippen LogP contribution in [0.3, 0.4) is 0 Å². The number of aliphatic hydroxyl groups excluding tert-OH is 2. The number of anilines is 2. The first-order valence-electron chi connectivity index (χ1n) is 23.4. The minimum atomic E-state index is -3.82. The Labute approximate surface area is 417 Å². The molecular weight excluding hydrogens is 1010 g/mol. The standard InChI is InChI=1S/C29H41F2N3O8Si2.C17H15F2N3O7/c1-16(2)43(17(3)4)39-14-23-25(41-44(42-43,18(5)6)19(7)8)29(30,31)27(40-23)34-12-11-24(33-28(34)36)32-26(35)20-9-10-21-22(13-20)38-15-37-21;18-17(19)13(24)11(6-23)29-15(17)22-4-3-12(21-16(22)26)20-14(25)8-1-2-9-10(5-8)28-7-27-9/h9-13,16-19,23,25,27H,14-15H2,1-8H3,(H,32,33,35,36);1-5,11,13,15,23-24H,6-7H2,(H,20,21,25,26)/t23-,25-,27-;11-,13-,15-/m11/s1. The quantitative estimate of drug-likeness (QED) is 0.102. The van der Waals surface area contributed by atoms with E-state index in [-0.39, 0.29) is 65.1 Å². The second-order valence-electron chi connectivity index (χ2n) is 19.1. The fraction of sp³-hybridized carbons (Fsp3) is 0.522. The number of nitrogens with one attached hydrogen (secondary N) is 2. The number of nitrogens with zero attached hydrogens (tertiary/aromatic N) is 4. The summed E-state index contributed by atoms with van der Waals surface area (Å²) in [5, 5.41) is 23.5. The molecule has 2 aromatic heterocycles. The first-order valence-corrected chi connectivity index (χ1v) is 27.4. The number of rotatable bonds is 11. The SMILES string of the molecule is CC(C)[Si]1(C(C)C)OC[C@H]2O[C@@H](n3ccc(NC(=O)c4ccc5c(c4)OCO5)nc3=O)C(F)(F)[C@@H]2O[Si](C(C)C)(C(C)C)O1.O=C(Nc1ccn([C@@H]2O[C@H](CO)[C@@H](O)C2(F)F)c(=O)n1)c1ccc2c(c1)OCO2. The van der Waals surface area contributed by atoms with Gasteiger partial charge in [0.25, 0.3) is 11.8 Å². The maximum atomic E-state index is 16.3. The summed E-state index contributed by atoms with van der Waals surface area (Å²) in [6, 6.07) is 11.5. The lowest BCUT2D eigenvalue weighted by molar-refractivity contribution is -0.140. The van der Waals surface area contributed by atoms with Crippen LogP contribution in [-0.2, 0) is 22.4 Å². The predicted molar refractivity (Wildman–Crippen MR) is 253 cm³/mol. The number of fused-ring (bicyclic) bond motifs is 3. The molecule has 4 N–H and O–H groups in total. The average molecular weight is 1070 g/mol. The Morgan fingerprint density at radius 3 is 1.56 bits per heavy atom. The van der Waals surface area contributed by atoms with Gasteiger partial charge in [-0.3, -0.25) is 18.7 Å². The molecular formula is C46H56F4N6O15Si2. The minimum absolute atomic E-state index is 0.0250. The van der Waals surface area contributed by atoms with Gasteiger partial charge in [-0.2, -0.15) is 27.5 Å². The monoisotopic (exact) mass is 1060 g/mol. The average Bonchev–Trinajstić information content (AvgIpc) is 4.10. The van der Waals surface area contributed by atoms with E-state index < -0.39 is 95.6 Å². The van der Waals surface area contributed by atoms with Crippen LogP contribution in [0.25, 0.3) is 0 Å². The molecule has 21 nitrogen and oxygen atoms in total. The third-order valence-corrected chi connectivity index (χ3v) is 23.4. The molecule has 0 radical (unpaired) electrons. The number of carbonyl (C=O) groups excluding carboxylic acids is 2. The molecule has 5 aliphatic rings. The molecule has 2 aromatic carbocycles. The maximum Gasteiger partial charge on any atom is 0.351 e. The number of amides is 2. The molecule has 0 spiro atoms. The molecule has 2 amide bonds. The predicted octanol–water partition coefficient (Wildman–Crippen LogP) is 5.82. The van der Waals surface area contributed by atoms with E-state index >= 15 is 8.78 Å². The van der Waals surface area contributed by atoms with Gasteiger partial charge in [0.15, 0.2) is 29.1 Å². The molecule has 7 heterocycles. The van der Waals surface area contributed by atoms with E-state index in [1.807, 2.05) is 55.4 Å². The molecule has 0 aliphatic carbocycles. The Kier molecular flexibility index (Phi) is 15.0. The van der Waals surface area contributed by atoms with Crippen molar-refractivity contribution in [2.75, 3.05) is 37.4 Å². The molecule has 73 heavy (non-hydrogen) atoms. The fourth-order valence-corrected chi connectivity index (χ4v) is 20.5. The van der Waals surface area contributed by atoms with Crippen molar-refractivity contribution in [2.24, 2.45) is 0 Å². The Bertz CT molecular complexity index is 2820. The zero-order valence-electron chi connectivity index (χ0n) is 40.9. The summed E-state index contributed by atoms with van der Waals surface area (Å²) in [7, 11) is -6.34. The summed E-state index contributed by atoms with van der Waals surface area (Å²) in [5.41, 5.74) is -1.99. The number of aromatic nitrogens is 4. The van der Waals surface area contributed by atoms with Crippen molar-refractivity contribution in [3.8, 4) is 23.0 Å². The van der Waals surface area contributed by atoms with Gasteiger partial charge >= 0.3 is 40.3 Å². The molecule has 0 saturated carbocycles. The van der Waals surface area contributed by atoms with Gasteiger partial charge in [0.1, 0.15) is 29.9 Å². The van der Waals surface area contributed by atoms with Crippen LogP contribution in [0.5, 0.6) is 23.0 Å². The zero-order valence-corrected chi connectivity index (χ0v) is 42.9.